The molecule has 2 saturated heterocycles. The molecule has 236 valence electrons. The molecular weight excluding hydrogens is 564 g/mol. The van der Waals surface area contributed by atoms with Crippen molar-refractivity contribution in [3.05, 3.63) is 28.8 Å². The third-order valence-corrected chi connectivity index (χ3v) is 9.03. The predicted molar refractivity (Wildman–Crippen MR) is 143 cm³/mol. The van der Waals surface area contributed by atoms with E-state index in [1.54, 1.807) is 0 Å². The quantitative estimate of drug-likeness (QED) is 0.156. The molecule has 0 bridgehead atoms. The highest BCUT2D eigenvalue weighted by Gasteiger charge is 2.58. The fraction of sp³-hybridized carbons (Fsp3) is 0.778. The van der Waals surface area contributed by atoms with Crippen LogP contribution in [0.2, 0.25) is 0 Å². The van der Waals surface area contributed by atoms with Gasteiger partial charge in [-0.15, -0.1) is 0 Å². The smallest absolute Gasteiger partial charge is 0.297 e. The van der Waals surface area contributed by atoms with E-state index in [9.17, 15) is 44.2 Å². The Kier molecular flexibility index (Phi) is 11.0. The van der Waals surface area contributed by atoms with Crippen molar-refractivity contribution >= 4 is 10.1 Å². The van der Waals surface area contributed by atoms with E-state index in [2.05, 4.69) is 0 Å². The van der Waals surface area contributed by atoms with Crippen LogP contribution < -0.4 is 0 Å². The average molecular weight is 609 g/mol. The van der Waals surface area contributed by atoms with Crippen molar-refractivity contribution in [2.45, 2.75) is 119 Å². The number of ether oxygens (including phenoxy) is 3. The van der Waals surface area contributed by atoms with Gasteiger partial charge in [0.15, 0.2) is 6.29 Å². The minimum Gasteiger partial charge on any atom is -0.394 e. The number of aliphatic hydroxyl groups excluding tert-OH is 7. The molecule has 0 radical (unpaired) electrons. The van der Waals surface area contributed by atoms with Gasteiger partial charge in [-0.25, -0.2) is 0 Å². The molecule has 0 saturated carbocycles. The monoisotopic (exact) mass is 608 g/mol. The maximum Gasteiger partial charge on any atom is 0.297 e. The first-order valence-corrected chi connectivity index (χ1v) is 15.1. The van der Waals surface area contributed by atoms with Gasteiger partial charge in [-0.1, -0.05) is 53.7 Å². The van der Waals surface area contributed by atoms with Crippen LogP contribution in [0.5, 0.6) is 0 Å². The zero-order valence-corrected chi connectivity index (χ0v) is 24.9. The lowest BCUT2D eigenvalue weighted by atomic mass is 9.89. The molecule has 9 atom stereocenters. The zero-order valence-electron chi connectivity index (χ0n) is 24.1. The fourth-order valence-corrected chi connectivity index (χ4v) is 6.61. The van der Waals surface area contributed by atoms with E-state index in [0.29, 0.717) is 11.1 Å². The number of aliphatic hydroxyl groups is 7. The van der Waals surface area contributed by atoms with E-state index in [1.165, 1.54) is 0 Å². The molecule has 1 aromatic rings. The van der Waals surface area contributed by atoms with Gasteiger partial charge in [-0.05, 0) is 34.4 Å². The molecule has 2 aliphatic heterocycles. The van der Waals surface area contributed by atoms with Gasteiger partial charge < -0.3 is 50.0 Å². The Hall–Kier alpha value is -1.27. The SMILES string of the molecule is CC(C)c1cc(C(C)C)c(S(=O)(=O)OC[C@H]2O[C@H](O[C@]3(CO)O[C@H](CO)[C@@H](O)[C@@H]3O)[C@H](O)[C@@H](O)[C@@H]2O)c(C(C)C)c1. The van der Waals surface area contributed by atoms with Gasteiger partial charge >= 0.3 is 0 Å². The summed E-state index contributed by atoms with van der Waals surface area (Å²) < 4.78 is 48.9. The van der Waals surface area contributed by atoms with Crippen LogP contribution in [0.15, 0.2) is 17.0 Å². The standard InChI is InChI=1S/C27H44O13S/c1-12(2)15-7-16(13(3)4)24(17(8-15)14(5)6)41(35,36)37-10-19-20(30)22(32)23(33)26(38-19)40-27(11-29)25(34)21(31)18(9-28)39-27/h7-8,12-14,18-23,25-26,28-34H,9-11H2,1-6H3/t18-,19-,20-,21-,22+,23-,25+,26-,27+/m1/s1. The highest BCUT2D eigenvalue weighted by molar-refractivity contribution is 7.86. The Balaban J connectivity index is 1.89. The summed E-state index contributed by atoms with van der Waals surface area (Å²) in [6, 6.07) is 3.67. The van der Waals surface area contributed by atoms with Crippen molar-refractivity contribution in [2.24, 2.45) is 0 Å². The second-order valence-corrected chi connectivity index (χ2v) is 13.2. The first kappa shape index (κ1) is 34.2. The number of rotatable bonds is 11. The van der Waals surface area contributed by atoms with E-state index in [0.717, 1.165) is 5.56 Å². The Morgan fingerprint density at radius 2 is 1.39 bits per heavy atom. The van der Waals surface area contributed by atoms with Gasteiger partial charge in [0.2, 0.25) is 5.79 Å². The second-order valence-electron chi connectivity index (χ2n) is 11.6. The van der Waals surface area contributed by atoms with Crippen molar-refractivity contribution < 1.29 is 62.6 Å². The molecule has 1 aromatic carbocycles. The average Bonchev–Trinajstić information content (AvgIpc) is 3.16. The van der Waals surface area contributed by atoms with Gasteiger partial charge in [-0.3, -0.25) is 4.18 Å². The van der Waals surface area contributed by atoms with Crippen molar-refractivity contribution in [3.8, 4) is 0 Å². The van der Waals surface area contributed by atoms with Crippen LogP contribution in [0.4, 0.5) is 0 Å². The minimum atomic E-state index is -4.43. The largest absolute Gasteiger partial charge is 0.394 e. The zero-order chi connectivity index (χ0) is 31.0. The van der Waals surface area contributed by atoms with Crippen molar-refractivity contribution in [1.82, 2.24) is 0 Å². The molecular formula is C27H44O13S. The Morgan fingerprint density at radius 1 is 0.829 bits per heavy atom. The molecule has 41 heavy (non-hydrogen) atoms. The molecule has 0 aliphatic carbocycles. The molecule has 0 spiro atoms. The summed E-state index contributed by atoms with van der Waals surface area (Å²) in [5, 5.41) is 71.3. The van der Waals surface area contributed by atoms with Crippen LogP contribution in [-0.2, 0) is 28.5 Å². The highest BCUT2D eigenvalue weighted by Crippen LogP contribution is 2.38. The van der Waals surface area contributed by atoms with E-state index < -0.39 is 84.7 Å². The fourth-order valence-electron chi connectivity index (χ4n) is 5.01. The van der Waals surface area contributed by atoms with Crippen LogP contribution in [0.25, 0.3) is 0 Å². The topological polar surface area (TPSA) is 213 Å². The molecule has 7 N–H and O–H groups in total. The van der Waals surface area contributed by atoms with Crippen molar-refractivity contribution in [2.75, 3.05) is 19.8 Å². The third-order valence-electron chi connectivity index (χ3n) is 7.61. The maximum atomic E-state index is 13.6. The molecule has 2 fully saturated rings. The summed E-state index contributed by atoms with van der Waals surface area (Å²) in [5.74, 6) is -2.56. The summed E-state index contributed by atoms with van der Waals surface area (Å²) in [6.45, 7) is 8.91. The highest BCUT2D eigenvalue weighted by atomic mass is 32.2. The number of hydrogen-bond acceptors (Lipinski definition) is 13. The normalized spacial score (nSPS) is 34.7. The minimum absolute atomic E-state index is 0.0105. The van der Waals surface area contributed by atoms with Gasteiger partial charge in [0.05, 0.1) is 13.2 Å². The van der Waals surface area contributed by atoms with E-state index in [4.69, 9.17) is 18.4 Å². The first-order valence-electron chi connectivity index (χ1n) is 13.7. The van der Waals surface area contributed by atoms with Crippen LogP contribution in [0.3, 0.4) is 0 Å². The molecule has 2 aliphatic rings. The summed E-state index contributed by atoms with van der Waals surface area (Å²) in [7, 11) is -4.43. The van der Waals surface area contributed by atoms with Gasteiger partial charge in [0, 0.05) is 0 Å². The van der Waals surface area contributed by atoms with Gasteiger partial charge in [0.25, 0.3) is 10.1 Å². The second kappa shape index (κ2) is 13.2. The lowest BCUT2D eigenvalue weighted by molar-refractivity contribution is -0.383. The summed E-state index contributed by atoms with van der Waals surface area (Å²) in [4.78, 5) is 0.0105. The van der Waals surface area contributed by atoms with Crippen LogP contribution in [-0.4, -0.2) is 119 Å². The summed E-state index contributed by atoms with van der Waals surface area (Å²) in [6.07, 6.45) is -14.0. The Labute approximate surface area is 240 Å². The molecule has 3 rings (SSSR count). The third kappa shape index (κ3) is 6.79. The van der Waals surface area contributed by atoms with E-state index in [1.807, 2.05) is 53.7 Å². The van der Waals surface area contributed by atoms with E-state index >= 15 is 0 Å². The van der Waals surface area contributed by atoms with Crippen molar-refractivity contribution in [3.63, 3.8) is 0 Å². The molecule has 13 nitrogen and oxygen atoms in total. The molecule has 14 heteroatoms. The molecule has 2 heterocycles. The van der Waals surface area contributed by atoms with Gasteiger partial charge in [0.1, 0.15) is 54.2 Å². The Bertz CT molecular complexity index is 1110. The summed E-state index contributed by atoms with van der Waals surface area (Å²) in [5.41, 5.74) is 2.11. The number of hydrogen-bond donors (Lipinski definition) is 7. The van der Waals surface area contributed by atoms with Crippen LogP contribution in [0, 0.1) is 0 Å². The number of benzene rings is 1. The van der Waals surface area contributed by atoms with Crippen LogP contribution >= 0.6 is 0 Å². The van der Waals surface area contributed by atoms with Gasteiger partial charge in [-0.2, -0.15) is 8.42 Å². The van der Waals surface area contributed by atoms with Crippen LogP contribution in [0.1, 0.15) is 76.0 Å². The summed E-state index contributed by atoms with van der Waals surface area (Å²) >= 11 is 0. The lowest BCUT2D eigenvalue weighted by Crippen LogP contribution is -2.62. The maximum absolute atomic E-state index is 13.6. The Morgan fingerprint density at radius 3 is 1.83 bits per heavy atom. The lowest BCUT2D eigenvalue weighted by Gasteiger charge is -2.43. The molecule has 0 unspecified atom stereocenters. The molecule has 0 amide bonds. The predicted octanol–water partition coefficient (Wildman–Crippen LogP) is -0.612. The first-order chi connectivity index (χ1) is 19.0. The molecule has 0 aromatic heterocycles. The van der Waals surface area contributed by atoms with Crippen molar-refractivity contribution in [1.29, 1.82) is 0 Å². The van der Waals surface area contributed by atoms with E-state index in [-0.39, 0.29) is 22.6 Å².